The summed E-state index contributed by atoms with van der Waals surface area (Å²) in [5, 5.41) is 2.86. The molecule has 4 heteroatoms. The van der Waals surface area contributed by atoms with Crippen LogP contribution in [0.3, 0.4) is 0 Å². The lowest BCUT2D eigenvalue weighted by molar-refractivity contribution is -0.140. The molecule has 0 fully saturated rings. The Kier molecular flexibility index (Phi) is 7.39. The average Bonchev–Trinajstić information content (AvgIpc) is 2.64. The molecule has 0 saturated heterocycles. The maximum Gasteiger partial charge on any atom is 0.242 e. The molecule has 2 rings (SSSR count). The van der Waals surface area contributed by atoms with E-state index in [0.29, 0.717) is 25.9 Å². The van der Waals surface area contributed by atoms with Crippen molar-refractivity contribution in [2.75, 3.05) is 6.54 Å². The molecule has 2 aromatic rings. The molecular formula is C22H28N2O2. The molecule has 0 aliphatic heterocycles. The number of carbonyl (C=O) groups is 2. The molecule has 0 aromatic heterocycles. The topological polar surface area (TPSA) is 49.4 Å². The summed E-state index contributed by atoms with van der Waals surface area (Å²) in [6.45, 7) is 6.84. The fourth-order valence-electron chi connectivity index (χ4n) is 2.97. The summed E-state index contributed by atoms with van der Waals surface area (Å²) >= 11 is 0. The number of likely N-dealkylation sites (N-methyl/N-ethyl adjacent to an activating group) is 1. The molecule has 0 radical (unpaired) electrons. The van der Waals surface area contributed by atoms with Crippen LogP contribution in [0.4, 0.5) is 0 Å². The standard InChI is InChI=1S/C22H28N2O2/c1-4-20(22(26)23-5-2)24(16-19-9-7-6-8-10-19)21(25)15-18-13-11-17(3)12-14-18/h6-14,20H,4-5,15-16H2,1-3H3,(H,23,26)/t20-/m0/s1. The predicted molar refractivity (Wildman–Crippen MR) is 105 cm³/mol. The molecule has 0 spiro atoms. The lowest BCUT2D eigenvalue weighted by Gasteiger charge is -2.30. The van der Waals surface area contributed by atoms with Gasteiger partial charge in [-0.15, -0.1) is 0 Å². The first kappa shape index (κ1) is 19.7. The molecule has 0 aliphatic rings. The number of carbonyl (C=O) groups excluding carboxylic acids is 2. The lowest BCUT2D eigenvalue weighted by atomic mass is 10.1. The Morgan fingerprint density at radius 2 is 1.62 bits per heavy atom. The first-order chi connectivity index (χ1) is 12.5. The second kappa shape index (κ2) is 9.76. The minimum absolute atomic E-state index is 0.0317. The summed E-state index contributed by atoms with van der Waals surface area (Å²) in [5.74, 6) is -0.126. The first-order valence-electron chi connectivity index (χ1n) is 9.21. The third-order valence-electron chi connectivity index (χ3n) is 4.41. The Bertz CT molecular complexity index is 711. The fourth-order valence-corrected chi connectivity index (χ4v) is 2.97. The van der Waals surface area contributed by atoms with Crippen LogP contribution in [0.25, 0.3) is 0 Å². The van der Waals surface area contributed by atoms with Crippen molar-refractivity contribution < 1.29 is 9.59 Å². The molecule has 0 bridgehead atoms. The number of nitrogens with zero attached hydrogens (tertiary/aromatic N) is 1. The van der Waals surface area contributed by atoms with Gasteiger partial charge in [-0.05, 0) is 31.4 Å². The van der Waals surface area contributed by atoms with Crippen LogP contribution in [0.2, 0.25) is 0 Å². The number of rotatable bonds is 8. The summed E-state index contributed by atoms with van der Waals surface area (Å²) in [7, 11) is 0. The number of hydrogen-bond acceptors (Lipinski definition) is 2. The summed E-state index contributed by atoms with van der Waals surface area (Å²) < 4.78 is 0. The Labute approximate surface area is 156 Å². The van der Waals surface area contributed by atoms with Crippen molar-refractivity contribution >= 4 is 11.8 Å². The Balaban J connectivity index is 2.24. The molecule has 0 aliphatic carbocycles. The minimum atomic E-state index is -0.465. The molecular weight excluding hydrogens is 324 g/mol. The van der Waals surface area contributed by atoms with Crippen LogP contribution in [-0.4, -0.2) is 29.3 Å². The second-order valence-electron chi connectivity index (χ2n) is 6.49. The van der Waals surface area contributed by atoms with Crippen LogP contribution >= 0.6 is 0 Å². The van der Waals surface area contributed by atoms with Gasteiger partial charge in [-0.2, -0.15) is 0 Å². The van der Waals surface area contributed by atoms with Crippen LogP contribution in [0.15, 0.2) is 54.6 Å². The van der Waals surface area contributed by atoms with E-state index in [9.17, 15) is 9.59 Å². The van der Waals surface area contributed by atoms with Gasteiger partial charge in [-0.25, -0.2) is 0 Å². The zero-order valence-electron chi connectivity index (χ0n) is 15.9. The molecule has 138 valence electrons. The van der Waals surface area contributed by atoms with Gasteiger partial charge in [-0.1, -0.05) is 67.1 Å². The summed E-state index contributed by atoms with van der Waals surface area (Å²) in [6, 6.07) is 17.3. The highest BCUT2D eigenvalue weighted by atomic mass is 16.2. The van der Waals surface area contributed by atoms with Gasteiger partial charge in [0.1, 0.15) is 6.04 Å². The van der Waals surface area contributed by atoms with Crippen molar-refractivity contribution in [3.8, 4) is 0 Å². The third-order valence-corrected chi connectivity index (χ3v) is 4.41. The highest BCUT2D eigenvalue weighted by Gasteiger charge is 2.28. The van der Waals surface area contributed by atoms with E-state index in [-0.39, 0.29) is 11.8 Å². The van der Waals surface area contributed by atoms with E-state index in [4.69, 9.17) is 0 Å². The number of nitrogens with one attached hydrogen (secondary N) is 1. The lowest BCUT2D eigenvalue weighted by Crippen LogP contribution is -2.49. The molecule has 0 saturated carbocycles. The van der Waals surface area contributed by atoms with Gasteiger partial charge in [0, 0.05) is 13.1 Å². The van der Waals surface area contributed by atoms with E-state index in [1.165, 1.54) is 0 Å². The van der Waals surface area contributed by atoms with Crippen molar-refractivity contribution in [3.05, 3.63) is 71.3 Å². The smallest absolute Gasteiger partial charge is 0.242 e. The van der Waals surface area contributed by atoms with E-state index < -0.39 is 6.04 Å². The molecule has 26 heavy (non-hydrogen) atoms. The SMILES string of the molecule is CCNC(=O)[C@H](CC)N(Cc1ccccc1)C(=O)Cc1ccc(C)cc1. The Hall–Kier alpha value is -2.62. The fraction of sp³-hybridized carbons (Fsp3) is 0.364. The highest BCUT2D eigenvalue weighted by molar-refractivity contribution is 5.88. The Morgan fingerprint density at radius 3 is 2.19 bits per heavy atom. The normalized spacial score (nSPS) is 11.7. The molecule has 0 unspecified atom stereocenters. The molecule has 2 amide bonds. The minimum Gasteiger partial charge on any atom is -0.355 e. The van der Waals surface area contributed by atoms with Gasteiger partial charge < -0.3 is 10.2 Å². The van der Waals surface area contributed by atoms with E-state index in [2.05, 4.69) is 5.32 Å². The number of hydrogen-bond donors (Lipinski definition) is 1. The zero-order valence-corrected chi connectivity index (χ0v) is 15.9. The van der Waals surface area contributed by atoms with Crippen LogP contribution in [0.5, 0.6) is 0 Å². The number of benzene rings is 2. The van der Waals surface area contributed by atoms with E-state index in [0.717, 1.165) is 16.7 Å². The van der Waals surface area contributed by atoms with Gasteiger partial charge >= 0.3 is 0 Å². The first-order valence-corrected chi connectivity index (χ1v) is 9.21. The van der Waals surface area contributed by atoms with Crippen molar-refractivity contribution in [2.24, 2.45) is 0 Å². The molecule has 4 nitrogen and oxygen atoms in total. The second-order valence-corrected chi connectivity index (χ2v) is 6.49. The van der Waals surface area contributed by atoms with Gasteiger partial charge in [0.15, 0.2) is 0 Å². The van der Waals surface area contributed by atoms with Crippen molar-refractivity contribution in [1.82, 2.24) is 10.2 Å². The predicted octanol–water partition coefficient (Wildman–Crippen LogP) is 3.48. The molecule has 1 atom stereocenters. The van der Waals surface area contributed by atoms with Crippen LogP contribution < -0.4 is 5.32 Å². The summed E-state index contributed by atoms with van der Waals surface area (Å²) in [6.07, 6.45) is 0.876. The van der Waals surface area contributed by atoms with Crippen molar-refractivity contribution in [3.63, 3.8) is 0 Å². The van der Waals surface area contributed by atoms with Gasteiger partial charge in [0.2, 0.25) is 11.8 Å². The third kappa shape index (κ3) is 5.45. The van der Waals surface area contributed by atoms with Crippen LogP contribution in [0.1, 0.15) is 37.0 Å². The Morgan fingerprint density at radius 1 is 0.962 bits per heavy atom. The van der Waals surface area contributed by atoms with E-state index in [1.807, 2.05) is 75.4 Å². The van der Waals surface area contributed by atoms with E-state index >= 15 is 0 Å². The monoisotopic (exact) mass is 352 g/mol. The van der Waals surface area contributed by atoms with Gasteiger partial charge in [-0.3, -0.25) is 9.59 Å². The quantitative estimate of drug-likeness (QED) is 0.791. The number of amides is 2. The van der Waals surface area contributed by atoms with Gasteiger partial charge in [0.05, 0.1) is 6.42 Å². The maximum atomic E-state index is 13.1. The average molecular weight is 352 g/mol. The molecule has 0 heterocycles. The molecule has 2 aromatic carbocycles. The largest absolute Gasteiger partial charge is 0.355 e. The molecule has 1 N–H and O–H groups in total. The van der Waals surface area contributed by atoms with Gasteiger partial charge in [0.25, 0.3) is 0 Å². The zero-order chi connectivity index (χ0) is 18.9. The van der Waals surface area contributed by atoms with Crippen molar-refractivity contribution in [1.29, 1.82) is 0 Å². The summed E-state index contributed by atoms with van der Waals surface area (Å²) in [5.41, 5.74) is 3.15. The van der Waals surface area contributed by atoms with Crippen molar-refractivity contribution in [2.45, 2.75) is 46.2 Å². The van der Waals surface area contributed by atoms with Crippen LogP contribution in [0, 0.1) is 6.92 Å². The number of aryl methyl sites for hydroxylation is 1. The maximum absolute atomic E-state index is 13.1. The summed E-state index contributed by atoms with van der Waals surface area (Å²) in [4.78, 5) is 27.3. The highest BCUT2D eigenvalue weighted by Crippen LogP contribution is 2.15. The van der Waals surface area contributed by atoms with E-state index in [1.54, 1.807) is 4.90 Å². The van der Waals surface area contributed by atoms with Crippen LogP contribution in [-0.2, 0) is 22.6 Å².